The van der Waals surface area contributed by atoms with E-state index in [9.17, 15) is 0 Å². The number of nitrogens with zero attached hydrogens (tertiary/aromatic N) is 2. The maximum atomic E-state index is 4.94. The third-order valence-electron chi connectivity index (χ3n) is 15.9. The first-order valence-corrected chi connectivity index (χ1v) is 27.8. The summed E-state index contributed by atoms with van der Waals surface area (Å²) >= 11 is 0. The number of hydrogen-bond acceptors (Lipinski definition) is 1. The van der Waals surface area contributed by atoms with Crippen LogP contribution in [0, 0.1) is 0 Å². The Morgan fingerprint density at radius 3 is 1.44 bits per heavy atom. The Morgan fingerprint density at radius 2 is 0.852 bits per heavy atom. The van der Waals surface area contributed by atoms with E-state index in [1.165, 1.54) is 82.0 Å². The molecule has 2 heteroatoms. The average Bonchev–Trinajstić information content (AvgIpc) is 3.68. The number of benzene rings is 13. The van der Waals surface area contributed by atoms with Crippen LogP contribution >= 0.6 is 0 Å². The fourth-order valence-electron chi connectivity index (χ4n) is 12.4. The van der Waals surface area contributed by atoms with Gasteiger partial charge in [-0.1, -0.05) is 274 Å². The Balaban J connectivity index is 1.01. The molecule has 13 aromatic rings. The van der Waals surface area contributed by atoms with E-state index >= 15 is 0 Å². The lowest BCUT2D eigenvalue weighted by Crippen LogP contribution is -2.30. The molecule has 81 heavy (non-hydrogen) atoms. The summed E-state index contributed by atoms with van der Waals surface area (Å²) in [5.74, 6) is 0.822. The van der Waals surface area contributed by atoms with Crippen LogP contribution in [-0.2, 0) is 0 Å². The highest BCUT2D eigenvalue weighted by Crippen LogP contribution is 2.50. The third-order valence-corrected chi connectivity index (χ3v) is 15.9. The second-order valence-corrected chi connectivity index (χ2v) is 20.5. The summed E-state index contributed by atoms with van der Waals surface area (Å²) in [6.45, 7) is 11.0. The van der Waals surface area contributed by atoms with Gasteiger partial charge in [-0.2, -0.15) is 0 Å². The Kier molecular flexibility index (Phi) is 13.5. The molecular weight excluding hydrogens is 977 g/mol. The van der Waals surface area contributed by atoms with Crippen molar-refractivity contribution in [3.05, 3.63) is 327 Å². The Morgan fingerprint density at radius 1 is 0.383 bits per heavy atom. The molecule has 13 rings (SSSR count). The summed E-state index contributed by atoms with van der Waals surface area (Å²) in [4.78, 5) is 7.10. The van der Waals surface area contributed by atoms with Crippen molar-refractivity contribution < 1.29 is 0 Å². The van der Waals surface area contributed by atoms with Crippen molar-refractivity contribution >= 4 is 82.2 Å². The van der Waals surface area contributed by atoms with Gasteiger partial charge in [-0.15, -0.1) is 0 Å². The average molecular weight is 1040 g/mol. The van der Waals surface area contributed by atoms with Crippen molar-refractivity contribution in [1.82, 2.24) is 0 Å². The molecule has 0 bridgehead atoms. The quantitative estimate of drug-likeness (QED) is 0.0515. The van der Waals surface area contributed by atoms with E-state index in [4.69, 9.17) is 4.99 Å². The van der Waals surface area contributed by atoms with E-state index in [0.717, 1.165) is 67.0 Å². The number of allylic oxidation sites excluding steroid dienone is 5. The molecule has 0 saturated carbocycles. The standard InChI is InChI=1S/C79H58N2/c1-5-27-65(63(6-2)55-30-13-8-14-31-55)77-71-42-25-26-43-72(71)78(66-37-20-19-36-64(66)56-32-15-9-16-33-56)74-52-60(48-49-73(74)77)76-69-40-23-21-38-67(69)75(68-39-22-24-41-70(68)76)59-46-44-58-51-61(47-45-57(58)50-59)79(80-4)81(62-34-17-10-18-35-62)53(3)54-28-11-7-12-29-54/h5-52H,1,3H2,2,4H3/b63-6-,65-27+,80-79?. The van der Waals surface area contributed by atoms with Crippen molar-refractivity contribution in [1.29, 1.82) is 0 Å². The van der Waals surface area contributed by atoms with Crippen LogP contribution in [0.4, 0.5) is 5.69 Å². The number of hydrogen-bond donors (Lipinski definition) is 0. The summed E-state index contributed by atoms with van der Waals surface area (Å²) < 4.78 is 0. The molecular formula is C79H58N2. The number of amidine groups is 1. The van der Waals surface area contributed by atoms with Gasteiger partial charge < -0.3 is 0 Å². The van der Waals surface area contributed by atoms with Crippen molar-refractivity contribution in [3.63, 3.8) is 0 Å². The van der Waals surface area contributed by atoms with Gasteiger partial charge in [0.1, 0.15) is 5.84 Å². The summed E-state index contributed by atoms with van der Waals surface area (Å²) in [5.41, 5.74) is 18.0. The van der Waals surface area contributed by atoms with Gasteiger partial charge in [0.05, 0.1) is 0 Å². The smallest absolute Gasteiger partial charge is 0.139 e. The largest absolute Gasteiger partial charge is 0.295 e. The van der Waals surface area contributed by atoms with Crippen LogP contribution < -0.4 is 4.90 Å². The predicted octanol–water partition coefficient (Wildman–Crippen LogP) is 21.3. The zero-order chi connectivity index (χ0) is 54.8. The zero-order valence-electron chi connectivity index (χ0n) is 45.5. The third kappa shape index (κ3) is 9.03. The fraction of sp³-hybridized carbons (Fsp3) is 0.0253. The number of fused-ring (bicyclic) bond motifs is 5. The van der Waals surface area contributed by atoms with Crippen LogP contribution in [0.1, 0.15) is 29.2 Å². The highest BCUT2D eigenvalue weighted by Gasteiger charge is 2.25. The lowest BCUT2D eigenvalue weighted by atomic mass is 9.80. The molecule has 384 valence electrons. The monoisotopic (exact) mass is 1030 g/mol. The van der Waals surface area contributed by atoms with Crippen LogP contribution in [0.25, 0.3) is 115 Å². The van der Waals surface area contributed by atoms with Crippen LogP contribution in [0.3, 0.4) is 0 Å². The molecule has 0 saturated heterocycles. The molecule has 0 aromatic heterocycles. The molecule has 0 unspecified atom stereocenters. The van der Waals surface area contributed by atoms with E-state index < -0.39 is 0 Å². The summed E-state index contributed by atoms with van der Waals surface area (Å²) in [6.07, 6.45) is 6.37. The van der Waals surface area contributed by atoms with Gasteiger partial charge in [-0.3, -0.25) is 9.89 Å². The second-order valence-electron chi connectivity index (χ2n) is 20.5. The molecule has 0 fully saturated rings. The molecule has 0 atom stereocenters. The lowest BCUT2D eigenvalue weighted by molar-refractivity contribution is 1.29. The van der Waals surface area contributed by atoms with Gasteiger partial charge in [0.2, 0.25) is 0 Å². The topological polar surface area (TPSA) is 15.6 Å². The van der Waals surface area contributed by atoms with Gasteiger partial charge in [0.15, 0.2) is 0 Å². The van der Waals surface area contributed by atoms with Gasteiger partial charge in [0, 0.05) is 24.0 Å². The van der Waals surface area contributed by atoms with E-state index in [2.05, 4.69) is 298 Å². The predicted molar refractivity (Wildman–Crippen MR) is 351 cm³/mol. The molecule has 0 aliphatic carbocycles. The van der Waals surface area contributed by atoms with E-state index in [0.29, 0.717) is 0 Å². The molecule has 0 amide bonds. The molecule has 2 nitrogen and oxygen atoms in total. The summed E-state index contributed by atoms with van der Waals surface area (Å²) in [6, 6.07) is 99.0. The Labute approximate surface area is 474 Å². The number of para-hydroxylation sites is 1. The minimum atomic E-state index is 0.822. The van der Waals surface area contributed by atoms with Crippen LogP contribution in [0.15, 0.2) is 309 Å². The number of rotatable bonds is 12. The molecule has 0 aliphatic rings. The fourth-order valence-corrected chi connectivity index (χ4v) is 12.4. The van der Waals surface area contributed by atoms with Crippen LogP contribution in [-0.4, -0.2) is 12.9 Å². The van der Waals surface area contributed by atoms with Gasteiger partial charge in [-0.25, -0.2) is 0 Å². The van der Waals surface area contributed by atoms with E-state index in [1.807, 2.05) is 25.3 Å². The molecule has 0 radical (unpaired) electrons. The second kappa shape index (κ2) is 21.8. The lowest BCUT2D eigenvalue weighted by Gasteiger charge is -2.28. The Bertz CT molecular complexity index is 4600. The Hall–Kier alpha value is -10.4. The minimum absolute atomic E-state index is 0.822. The SMILES string of the molecule is C=C/C=C(\C(=C/C)c1ccccc1)c1c2ccccc2c(-c2ccccc2-c2ccccc2)c2cc(-c3c4ccccc4c(-c4ccc5cc(C(=NC)N(C(=C)c6ccccc6)c6ccccc6)ccc5c4)c4ccccc34)ccc12. The molecule has 0 aliphatic heterocycles. The van der Waals surface area contributed by atoms with Crippen LogP contribution in [0.2, 0.25) is 0 Å². The van der Waals surface area contributed by atoms with E-state index in [-0.39, 0.29) is 0 Å². The first-order chi connectivity index (χ1) is 40.0. The van der Waals surface area contributed by atoms with Crippen molar-refractivity contribution in [2.75, 3.05) is 11.9 Å². The highest BCUT2D eigenvalue weighted by molar-refractivity contribution is 6.27. The first kappa shape index (κ1) is 50.1. The zero-order valence-corrected chi connectivity index (χ0v) is 45.5. The van der Waals surface area contributed by atoms with Crippen LogP contribution in [0.5, 0.6) is 0 Å². The highest BCUT2D eigenvalue weighted by atomic mass is 15.2. The number of anilines is 1. The summed E-state index contributed by atoms with van der Waals surface area (Å²) in [5, 5.41) is 11.8. The maximum Gasteiger partial charge on any atom is 0.139 e. The van der Waals surface area contributed by atoms with Crippen molar-refractivity contribution in [2.45, 2.75) is 6.92 Å². The summed E-state index contributed by atoms with van der Waals surface area (Å²) in [7, 11) is 1.86. The minimum Gasteiger partial charge on any atom is -0.295 e. The molecule has 0 spiro atoms. The van der Waals surface area contributed by atoms with Gasteiger partial charge in [-0.05, 0) is 163 Å². The normalized spacial score (nSPS) is 12.1. The van der Waals surface area contributed by atoms with Gasteiger partial charge in [0.25, 0.3) is 0 Å². The number of aliphatic imine (C=N–C) groups is 1. The van der Waals surface area contributed by atoms with E-state index in [1.54, 1.807) is 0 Å². The molecule has 0 heterocycles. The van der Waals surface area contributed by atoms with Gasteiger partial charge >= 0.3 is 0 Å². The van der Waals surface area contributed by atoms with Crippen molar-refractivity contribution in [3.8, 4) is 44.5 Å². The van der Waals surface area contributed by atoms with Crippen molar-refractivity contribution in [2.24, 2.45) is 4.99 Å². The molecule has 13 aromatic carbocycles. The maximum absolute atomic E-state index is 4.94. The first-order valence-electron chi connectivity index (χ1n) is 27.8. The molecule has 0 N–H and O–H groups in total.